The molecule has 0 aliphatic heterocycles. The van der Waals surface area contributed by atoms with Gasteiger partial charge >= 0.3 is 5.97 Å². The molecule has 0 fully saturated rings. The summed E-state index contributed by atoms with van der Waals surface area (Å²) in [6, 6.07) is 0. The van der Waals surface area contributed by atoms with Crippen LogP contribution in [-0.2, 0) is 9.53 Å². The van der Waals surface area contributed by atoms with Gasteiger partial charge in [0.25, 0.3) is 0 Å². The normalized spacial score (nSPS) is 14.9. The molecule has 1 heterocycles. The minimum absolute atomic E-state index is 0.131. The van der Waals surface area contributed by atoms with Crippen molar-refractivity contribution in [3.8, 4) is 0 Å². The Hall–Kier alpha value is -0.660. The number of aryl methyl sites for hydroxylation is 1. The summed E-state index contributed by atoms with van der Waals surface area (Å²) < 4.78 is 4.54. The zero-order chi connectivity index (χ0) is 11.5. The molecule has 0 aliphatic rings. The summed E-state index contributed by atoms with van der Waals surface area (Å²) in [5.74, 6) is -0.915. The average molecular weight is 248 g/mol. The highest BCUT2D eigenvalue weighted by Crippen LogP contribution is 2.34. The van der Waals surface area contributed by atoms with Crippen LogP contribution in [0.4, 0.5) is 0 Å². The Morgan fingerprint density at radius 3 is 2.73 bits per heavy atom. The molecule has 1 aromatic rings. The van der Waals surface area contributed by atoms with Crippen LogP contribution in [0.5, 0.6) is 0 Å². The second-order valence-electron chi connectivity index (χ2n) is 3.16. The van der Waals surface area contributed by atoms with Gasteiger partial charge < -0.3 is 9.84 Å². The number of carboxylic acid groups (broad SMARTS) is 1. The van der Waals surface area contributed by atoms with Gasteiger partial charge in [-0.2, -0.15) is 0 Å². The third-order valence-corrected chi connectivity index (χ3v) is 3.82. The molecule has 0 aliphatic carbocycles. The lowest BCUT2D eigenvalue weighted by Gasteiger charge is -2.21. The van der Waals surface area contributed by atoms with Crippen molar-refractivity contribution in [2.75, 3.05) is 13.7 Å². The van der Waals surface area contributed by atoms with Crippen molar-refractivity contribution < 1.29 is 14.6 Å². The predicted molar refractivity (Wildman–Crippen MR) is 58.4 cm³/mol. The molecule has 0 bridgehead atoms. The van der Waals surface area contributed by atoms with Crippen LogP contribution in [-0.4, -0.2) is 39.7 Å². The summed E-state index contributed by atoms with van der Waals surface area (Å²) in [6.45, 7) is 3.57. The first-order chi connectivity index (χ1) is 6.98. The number of carbonyl (C=O) groups is 1. The van der Waals surface area contributed by atoms with Crippen molar-refractivity contribution >= 4 is 29.1 Å². The highest BCUT2D eigenvalue weighted by molar-refractivity contribution is 8.03. The number of thioether (sulfide) groups is 1. The van der Waals surface area contributed by atoms with E-state index in [2.05, 4.69) is 10.2 Å². The number of methoxy groups -OCH3 is 1. The van der Waals surface area contributed by atoms with Gasteiger partial charge in [0.15, 0.2) is 4.34 Å². The number of ether oxygens (including phenoxy) is 1. The molecule has 0 radical (unpaired) electrons. The zero-order valence-electron chi connectivity index (χ0n) is 8.68. The Labute approximate surface area is 95.9 Å². The summed E-state index contributed by atoms with van der Waals surface area (Å²) in [5.41, 5.74) is 0. The van der Waals surface area contributed by atoms with Gasteiger partial charge in [0, 0.05) is 7.11 Å². The van der Waals surface area contributed by atoms with Crippen LogP contribution in [0.15, 0.2) is 4.34 Å². The van der Waals surface area contributed by atoms with Gasteiger partial charge in [-0.3, -0.25) is 4.79 Å². The zero-order valence-corrected chi connectivity index (χ0v) is 10.3. The van der Waals surface area contributed by atoms with Crippen LogP contribution in [0.1, 0.15) is 11.9 Å². The van der Waals surface area contributed by atoms with E-state index in [1.54, 1.807) is 6.92 Å². The van der Waals surface area contributed by atoms with E-state index in [1.165, 1.54) is 18.4 Å². The van der Waals surface area contributed by atoms with E-state index in [9.17, 15) is 4.79 Å². The van der Waals surface area contributed by atoms with Crippen LogP contribution in [0.25, 0.3) is 0 Å². The molecule has 1 unspecified atom stereocenters. The number of hydrogen-bond donors (Lipinski definition) is 1. The SMILES string of the molecule is COCC(C)(Sc1nnc(C)s1)C(=O)O. The highest BCUT2D eigenvalue weighted by Gasteiger charge is 2.35. The van der Waals surface area contributed by atoms with Crippen LogP contribution in [0, 0.1) is 6.92 Å². The largest absolute Gasteiger partial charge is 0.480 e. The molecule has 1 rings (SSSR count). The lowest BCUT2D eigenvalue weighted by atomic mass is 10.2. The Bertz CT molecular complexity index is 355. The topological polar surface area (TPSA) is 72.3 Å². The van der Waals surface area contributed by atoms with E-state index in [-0.39, 0.29) is 6.61 Å². The molecule has 1 atom stereocenters. The van der Waals surface area contributed by atoms with Crippen molar-refractivity contribution in [3.63, 3.8) is 0 Å². The van der Waals surface area contributed by atoms with E-state index in [0.717, 1.165) is 16.8 Å². The van der Waals surface area contributed by atoms with Crippen LogP contribution in [0.3, 0.4) is 0 Å². The summed E-state index contributed by atoms with van der Waals surface area (Å²) >= 11 is 2.54. The Kier molecular flexibility index (Phi) is 4.06. The Balaban J connectivity index is 2.79. The summed E-state index contributed by atoms with van der Waals surface area (Å²) in [7, 11) is 1.48. The quantitative estimate of drug-likeness (QED) is 0.795. The van der Waals surface area contributed by atoms with Crippen molar-refractivity contribution in [2.45, 2.75) is 22.9 Å². The van der Waals surface area contributed by atoms with Crippen LogP contribution < -0.4 is 0 Å². The van der Waals surface area contributed by atoms with Gasteiger partial charge in [0.05, 0.1) is 6.61 Å². The lowest BCUT2D eigenvalue weighted by Crippen LogP contribution is -2.36. The maximum absolute atomic E-state index is 11.1. The maximum Gasteiger partial charge on any atom is 0.322 e. The first-order valence-corrected chi connectivity index (χ1v) is 5.82. The van der Waals surface area contributed by atoms with Crippen molar-refractivity contribution in [2.24, 2.45) is 0 Å². The van der Waals surface area contributed by atoms with Gasteiger partial charge in [-0.25, -0.2) is 0 Å². The van der Waals surface area contributed by atoms with E-state index < -0.39 is 10.7 Å². The van der Waals surface area contributed by atoms with E-state index >= 15 is 0 Å². The molecular formula is C8H12N2O3S2. The van der Waals surface area contributed by atoms with Crippen molar-refractivity contribution in [3.05, 3.63) is 5.01 Å². The molecule has 1 N–H and O–H groups in total. The Morgan fingerprint density at radius 1 is 1.67 bits per heavy atom. The number of nitrogens with zero attached hydrogens (tertiary/aromatic N) is 2. The molecule has 0 saturated carbocycles. The molecule has 1 aromatic heterocycles. The lowest BCUT2D eigenvalue weighted by molar-refractivity contribution is -0.140. The smallest absolute Gasteiger partial charge is 0.322 e. The molecule has 7 heteroatoms. The average Bonchev–Trinajstić information content (AvgIpc) is 2.51. The number of carboxylic acids is 1. The molecule has 5 nitrogen and oxygen atoms in total. The van der Waals surface area contributed by atoms with Crippen LogP contribution >= 0.6 is 23.1 Å². The van der Waals surface area contributed by atoms with E-state index in [0.29, 0.717) is 4.34 Å². The summed E-state index contributed by atoms with van der Waals surface area (Å²) in [6.07, 6.45) is 0. The van der Waals surface area contributed by atoms with Crippen molar-refractivity contribution in [1.29, 1.82) is 0 Å². The number of rotatable bonds is 5. The second kappa shape index (κ2) is 4.91. The molecule has 15 heavy (non-hydrogen) atoms. The molecule has 0 saturated heterocycles. The fourth-order valence-electron chi connectivity index (χ4n) is 0.923. The molecule has 0 aromatic carbocycles. The monoisotopic (exact) mass is 248 g/mol. The molecular weight excluding hydrogens is 236 g/mol. The minimum atomic E-state index is -1.01. The summed E-state index contributed by atoms with van der Waals surface area (Å²) in [5, 5.41) is 17.6. The number of aromatic nitrogens is 2. The second-order valence-corrected chi connectivity index (χ2v) is 6.09. The first-order valence-electron chi connectivity index (χ1n) is 4.19. The summed E-state index contributed by atoms with van der Waals surface area (Å²) in [4.78, 5) is 11.1. The fourth-order valence-corrected chi connectivity index (χ4v) is 3.15. The van der Waals surface area contributed by atoms with Gasteiger partial charge in [0.1, 0.15) is 9.75 Å². The predicted octanol–water partition coefficient (Wildman–Crippen LogP) is 1.43. The third kappa shape index (κ3) is 3.15. The molecule has 84 valence electrons. The molecule has 0 amide bonds. The maximum atomic E-state index is 11.1. The Morgan fingerprint density at radius 2 is 2.33 bits per heavy atom. The highest BCUT2D eigenvalue weighted by atomic mass is 32.2. The van der Waals surface area contributed by atoms with Gasteiger partial charge in [-0.15, -0.1) is 10.2 Å². The van der Waals surface area contributed by atoms with Gasteiger partial charge in [-0.05, 0) is 13.8 Å². The minimum Gasteiger partial charge on any atom is -0.480 e. The van der Waals surface area contributed by atoms with Gasteiger partial charge in [-0.1, -0.05) is 23.1 Å². The van der Waals surface area contributed by atoms with E-state index in [4.69, 9.17) is 9.84 Å². The number of aliphatic carboxylic acids is 1. The van der Waals surface area contributed by atoms with Crippen molar-refractivity contribution in [1.82, 2.24) is 10.2 Å². The van der Waals surface area contributed by atoms with Gasteiger partial charge in [0.2, 0.25) is 0 Å². The van der Waals surface area contributed by atoms with Crippen LogP contribution in [0.2, 0.25) is 0 Å². The molecule has 0 spiro atoms. The number of hydrogen-bond acceptors (Lipinski definition) is 6. The fraction of sp³-hybridized carbons (Fsp3) is 0.625. The standard InChI is InChI=1S/C8H12N2O3S2/c1-5-9-10-7(14-5)15-8(2,4-13-3)6(11)12/h4H2,1-3H3,(H,11,12). The third-order valence-electron chi connectivity index (χ3n) is 1.69. The van der Waals surface area contributed by atoms with E-state index in [1.807, 2.05) is 6.92 Å². The first kappa shape index (κ1) is 12.4.